The number of carbonyl (C=O) groups excluding carboxylic acids is 1. The fourth-order valence-corrected chi connectivity index (χ4v) is 2.95. The molecule has 1 aliphatic rings. The molecule has 122 valence electrons. The minimum atomic E-state index is -0.0858. The highest BCUT2D eigenvalue weighted by molar-refractivity contribution is 6.29. The van der Waals surface area contributed by atoms with Crippen molar-refractivity contribution in [2.75, 3.05) is 31.1 Å². The maximum Gasteiger partial charge on any atom is 0.274 e. The molecular formula is C16H15ClN6O. The highest BCUT2D eigenvalue weighted by Crippen LogP contribution is 2.15. The summed E-state index contributed by atoms with van der Waals surface area (Å²) in [5.41, 5.74) is 0.992. The quantitative estimate of drug-likeness (QED) is 0.709. The van der Waals surface area contributed by atoms with E-state index >= 15 is 0 Å². The number of hydrogen-bond donors (Lipinski definition) is 0. The van der Waals surface area contributed by atoms with Crippen LogP contribution in [0.15, 0.2) is 42.7 Å². The lowest BCUT2D eigenvalue weighted by molar-refractivity contribution is 0.0741. The number of aromatic nitrogens is 4. The molecule has 3 aromatic rings. The minimum absolute atomic E-state index is 0.0858. The standard InChI is InChI=1S/C16H15ClN6O/c17-13-4-5-15-19-12(11-23(15)20-13)16(24)22-9-7-21(8-10-22)14-3-1-2-6-18-14/h1-6,11H,7-10H2. The zero-order valence-electron chi connectivity index (χ0n) is 12.8. The fraction of sp³-hybridized carbons (Fsp3) is 0.250. The Balaban J connectivity index is 1.47. The van der Waals surface area contributed by atoms with Gasteiger partial charge in [-0.05, 0) is 24.3 Å². The van der Waals surface area contributed by atoms with Gasteiger partial charge in [0.25, 0.3) is 5.91 Å². The van der Waals surface area contributed by atoms with E-state index < -0.39 is 0 Å². The summed E-state index contributed by atoms with van der Waals surface area (Å²) in [6, 6.07) is 9.24. The Kier molecular flexibility index (Phi) is 3.78. The van der Waals surface area contributed by atoms with E-state index in [2.05, 4.69) is 20.0 Å². The lowest BCUT2D eigenvalue weighted by Gasteiger charge is -2.35. The highest BCUT2D eigenvalue weighted by Gasteiger charge is 2.24. The Morgan fingerprint density at radius 1 is 1.08 bits per heavy atom. The van der Waals surface area contributed by atoms with Crippen LogP contribution >= 0.6 is 11.6 Å². The summed E-state index contributed by atoms with van der Waals surface area (Å²) in [6.07, 6.45) is 3.40. The average Bonchev–Trinajstić information content (AvgIpc) is 3.05. The Bertz CT molecular complexity index is 873. The van der Waals surface area contributed by atoms with Crippen LogP contribution in [-0.4, -0.2) is 56.6 Å². The van der Waals surface area contributed by atoms with Crippen molar-refractivity contribution in [3.63, 3.8) is 0 Å². The van der Waals surface area contributed by atoms with E-state index in [1.54, 1.807) is 24.5 Å². The molecule has 3 aromatic heterocycles. The smallest absolute Gasteiger partial charge is 0.274 e. The van der Waals surface area contributed by atoms with Gasteiger partial charge in [-0.3, -0.25) is 4.79 Å². The molecule has 0 aromatic carbocycles. The summed E-state index contributed by atoms with van der Waals surface area (Å²) < 4.78 is 1.53. The van der Waals surface area contributed by atoms with Crippen LogP contribution in [0, 0.1) is 0 Å². The molecule has 0 saturated carbocycles. The second-order valence-corrected chi connectivity index (χ2v) is 5.94. The van der Waals surface area contributed by atoms with Crippen molar-refractivity contribution in [1.82, 2.24) is 24.5 Å². The van der Waals surface area contributed by atoms with Gasteiger partial charge >= 0.3 is 0 Å². The van der Waals surface area contributed by atoms with E-state index in [1.165, 1.54) is 4.52 Å². The van der Waals surface area contributed by atoms with Crippen LogP contribution in [0.3, 0.4) is 0 Å². The van der Waals surface area contributed by atoms with Crippen molar-refractivity contribution >= 4 is 29.0 Å². The average molecular weight is 343 g/mol. The summed E-state index contributed by atoms with van der Waals surface area (Å²) >= 11 is 5.86. The number of halogens is 1. The first-order chi connectivity index (χ1) is 11.7. The Morgan fingerprint density at radius 3 is 2.67 bits per heavy atom. The number of hydrogen-bond acceptors (Lipinski definition) is 5. The third-order valence-electron chi connectivity index (χ3n) is 4.05. The van der Waals surface area contributed by atoms with E-state index in [1.807, 2.05) is 23.1 Å². The fourth-order valence-electron chi connectivity index (χ4n) is 2.80. The molecule has 1 saturated heterocycles. The molecule has 1 aliphatic heterocycles. The van der Waals surface area contributed by atoms with Gasteiger partial charge in [0.15, 0.2) is 5.65 Å². The first-order valence-corrected chi connectivity index (χ1v) is 8.06. The molecule has 24 heavy (non-hydrogen) atoms. The summed E-state index contributed by atoms with van der Waals surface area (Å²) in [6.45, 7) is 2.77. The number of rotatable bonds is 2. The van der Waals surface area contributed by atoms with Gasteiger partial charge in [-0.2, -0.15) is 5.10 Å². The lowest BCUT2D eigenvalue weighted by atomic mass is 10.2. The van der Waals surface area contributed by atoms with E-state index in [0.29, 0.717) is 29.6 Å². The van der Waals surface area contributed by atoms with Gasteiger partial charge in [-0.1, -0.05) is 17.7 Å². The zero-order valence-corrected chi connectivity index (χ0v) is 13.6. The molecule has 8 heteroatoms. The van der Waals surface area contributed by atoms with Gasteiger partial charge in [-0.15, -0.1) is 0 Å². The number of piperazine rings is 1. The van der Waals surface area contributed by atoms with Crippen LogP contribution < -0.4 is 4.90 Å². The molecule has 0 atom stereocenters. The number of pyridine rings is 1. The molecule has 0 radical (unpaired) electrons. The van der Waals surface area contributed by atoms with Crippen molar-refractivity contribution < 1.29 is 4.79 Å². The number of carbonyl (C=O) groups is 1. The van der Waals surface area contributed by atoms with Gasteiger partial charge < -0.3 is 9.80 Å². The lowest BCUT2D eigenvalue weighted by Crippen LogP contribution is -2.49. The molecule has 1 fully saturated rings. The Hall–Kier alpha value is -2.67. The molecule has 0 spiro atoms. The van der Waals surface area contributed by atoms with Crippen molar-refractivity contribution in [1.29, 1.82) is 0 Å². The molecular weight excluding hydrogens is 328 g/mol. The third kappa shape index (κ3) is 2.78. The molecule has 4 rings (SSSR count). The molecule has 0 bridgehead atoms. The Labute approximate surface area is 143 Å². The summed E-state index contributed by atoms with van der Waals surface area (Å²) in [4.78, 5) is 25.3. The van der Waals surface area contributed by atoms with Gasteiger partial charge in [0.2, 0.25) is 0 Å². The molecule has 0 aliphatic carbocycles. The maximum absolute atomic E-state index is 12.7. The molecule has 7 nitrogen and oxygen atoms in total. The first-order valence-electron chi connectivity index (χ1n) is 7.68. The topological polar surface area (TPSA) is 66.6 Å². The largest absolute Gasteiger partial charge is 0.353 e. The van der Waals surface area contributed by atoms with Gasteiger partial charge in [-0.25, -0.2) is 14.5 Å². The summed E-state index contributed by atoms with van der Waals surface area (Å²) in [7, 11) is 0. The third-order valence-corrected chi connectivity index (χ3v) is 4.25. The van der Waals surface area contributed by atoms with Crippen LogP contribution in [0.2, 0.25) is 5.15 Å². The van der Waals surface area contributed by atoms with Crippen molar-refractivity contribution in [3.8, 4) is 0 Å². The predicted octanol–water partition coefficient (Wildman–Crippen LogP) is 1.74. The SMILES string of the molecule is O=C(c1cn2nc(Cl)ccc2n1)N1CCN(c2ccccn2)CC1. The molecule has 0 N–H and O–H groups in total. The first kappa shape index (κ1) is 14.9. The number of nitrogens with zero attached hydrogens (tertiary/aromatic N) is 6. The van der Waals surface area contributed by atoms with Gasteiger partial charge in [0.1, 0.15) is 16.7 Å². The number of amides is 1. The normalized spacial score (nSPS) is 15.0. The molecule has 4 heterocycles. The van der Waals surface area contributed by atoms with Crippen LogP contribution in [-0.2, 0) is 0 Å². The van der Waals surface area contributed by atoms with Crippen LogP contribution in [0.4, 0.5) is 5.82 Å². The number of imidazole rings is 1. The Morgan fingerprint density at radius 2 is 1.92 bits per heavy atom. The summed E-state index contributed by atoms with van der Waals surface area (Å²) in [5.74, 6) is 0.855. The number of anilines is 1. The van der Waals surface area contributed by atoms with Gasteiger partial charge in [0, 0.05) is 32.4 Å². The van der Waals surface area contributed by atoms with E-state index in [-0.39, 0.29) is 5.91 Å². The van der Waals surface area contributed by atoms with E-state index in [9.17, 15) is 4.79 Å². The van der Waals surface area contributed by atoms with E-state index in [4.69, 9.17) is 11.6 Å². The predicted molar refractivity (Wildman–Crippen MR) is 90.4 cm³/mol. The van der Waals surface area contributed by atoms with Gasteiger partial charge in [0.05, 0.1) is 6.20 Å². The van der Waals surface area contributed by atoms with Crippen LogP contribution in [0.1, 0.15) is 10.5 Å². The second-order valence-electron chi connectivity index (χ2n) is 5.55. The summed E-state index contributed by atoms with van der Waals surface area (Å²) in [5, 5.41) is 4.47. The maximum atomic E-state index is 12.7. The minimum Gasteiger partial charge on any atom is -0.353 e. The zero-order chi connectivity index (χ0) is 16.5. The molecule has 1 amide bonds. The monoisotopic (exact) mass is 342 g/mol. The van der Waals surface area contributed by atoms with Crippen molar-refractivity contribution in [2.24, 2.45) is 0 Å². The second kappa shape index (κ2) is 6.09. The van der Waals surface area contributed by atoms with Crippen molar-refractivity contribution in [3.05, 3.63) is 53.6 Å². The number of fused-ring (bicyclic) bond motifs is 1. The highest BCUT2D eigenvalue weighted by atomic mass is 35.5. The van der Waals surface area contributed by atoms with E-state index in [0.717, 1.165) is 18.9 Å². The van der Waals surface area contributed by atoms with Crippen LogP contribution in [0.25, 0.3) is 5.65 Å². The van der Waals surface area contributed by atoms with Crippen molar-refractivity contribution in [2.45, 2.75) is 0 Å². The molecule has 0 unspecified atom stereocenters. The van der Waals surface area contributed by atoms with Crippen LogP contribution in [0.5, 0.6) is 0 Å².